The van der Waals surface area contributed by atoms with Gasteiger partial charge in [0.25, 0.3) is 0 Å². The molecule has 0 saturated carbocycles. The third kappa shape index (κ3) is 2.47. The van der Waals surface area contributed by atoms with Crippen LogP contribution in [0.4, 0.5) is 0 Å². The highest BCUT2D eigenvalue weighted by atomic mass is 15.2. The molecule has 0 aliphatic heterocycles. The summed E-state index contributed by atoms with van der Waals surface area (Å²) in [6.45, 7) is 4.44. The lowest BCUT2D eigenvalue weighted by atomic mass is 10.0. The Balaban J connectivity index is 2.13. The van der Waals surface area contributed by atoms with Gasteiger partial charge in [0.1, 0.15) is 18.2 Å². The highest BCUT2D eigenvalue weighted by molar-refractivity contribution is 5.75. The summed E-state index contributed by atoms with van der Waals surface area (Å²) in [5.41, 5.74) is 4.95. The fourth-order valence-corrected chi connectivity index (χ4v) is 2.78. The number of nitrogens with one attached hydrogen (secondary N) is 1. The van der Waals surface area contributed by atoms with Crippen LogP contribution in [0.1, 0.15) is 28.3 Å². The van der Waals surface area contributed by atoms with E-state index in [1.54, 1.807) is 12.1 Å². The zero-order chi connectivity index (χ0) is 16.4. The maximum absolute atomic E-state index is 9.57. The average molecular weight is 302 g/mol. The van der Waals surface area contributed by atoms with Gasteiger partial charge in [-0.2, -0.15) is 15.6 Å². The second kappa shape index (κ2) is 5.78. The lowest BCUT2D eigenvalue weighted by Crippen LogP contribution is -2.05. The molecule has 1 N–H and O–H groups in total. The molecular weight excluding hydrogens is 288 g/mol. The van der Waals surface area contributed by atoms with Gasteiger partial charge in [-0.05, 0) is 31.5 Å². The highest BCUT2D eigenvalue weighted by Crippen LogP contribution is 2.32. The lowest BCUT2D eigenvalue weighted by Gasteiger charge is -2.07. The first kappa shape index (κ1) is 14.6. The Kier molecular flexibility index (Phi) is 3.66. The van der Waals surface area contributed by atoms with Crippen LogP contribution < -0.4 is 0 Å². The van der Waals surface area contributed by atoms with Gasteiger partial charge < -0.3 is 4.57 Å². The van der Waals surface area contributed by atoms with Gasteiger partial charge in [0.05, 0.1) is 23.7 Å². The van der Waals surface area contributed by atoms with Gasteiger partial charge in [-0.3, -0.25) is 5.10 Å². The largest absolute Gasteiger partial charge is 0.340 e. The van der Waals surface area contributed by atoms with Crippen LogP contribution in [0.2, 0.25) is 0 Å². The van der Waals surface area contributed by atoms with Gasteiger partial charge >= 0.3 is 0 Å². The second-order valence-corrected chi connectivity index (χ2v) is 5.24. The molecule has 0 fully saturated rings. The van der Waals surface area contributed by atoms with Crippen molar-refractivity contribution in [2.24, 2.45) is 0 Å². The molecule has 112 valence electrons. The molecule has 0 bridgehead atoms. The fraction of sp³-hybridized carbons (Fsp3) is 0.176. The normalized spacial score (nSPS) is 10.3. The number of benzene rings is 1. The first-order chi connectivity index (χ1) is 11.2. The van der Waals surface area contributed by atoms with Crippen molar-refractivity contribution in [3.05, 3.63) is 58.9 Å². The Morgan fingerprint density at radius 2 is 1.83 bits per heavy atom. The number of aromatic amines is 1. The van der Waals surface area contributed by atoms with Crippen LogP contribution in [-0.2, 0) is 6.54 Å². The van der Waals surface area contributed by atoms with E-state index in [4.69, 9.17) is 5.26 Å². The Morgan fingerprint density at radius 3 is 2.39 bits per heavy atom. The van der Waals surface area contributed by atoms with E-state index in [0.29, 0.717) is 17.7 Å². The predicted octanol–water partition coefficient (Wildman–Crippen LogP) is 2.68. The zero-order valence-corrected chi connectivity index (χ0v) is 12.8. The number of aromatic nitrogens is 4. The standard InChI is InChI=1S/C17H14N6/c1-11-15(8-19)17(14-5-3-13(7-18)4-6-14)12(2)23(11)9-16-20-10-21-22-16/h3-6,10H,9H2,1-2H3,(H,20,21,22). The van der Waals surface area contributed by atoms with Crippen molar-refractivity contribution < 1.29 is 0 Å². The quantitative estimate of drug-likeness (QED) is 0.804. The number of rotatable bonds is 3. The first-order valence-corrected chi connectivity index (χ1v) is 7.10. The van der Waals surface area contributed by atoms with E-state index in [1.165, 1.54) is 6.33 Å². The van der Waals surface area contributed by atoms with Gasteiger partial charge in [-0.1, -0.05) is 12.1 Å². The van der Waals surface area contributed by atoms with Crippen LogP contribution in [0, 0.1) is 36.5 Å². The summed E-state index contributed by atoms with van der Waals surface area (Å²) >= 11 is 0. The molecule has 0 unspecified atom stereocenters. The van der Waals surface area contributed by atoms with E-state index in [1.807, 2.05) is 30.5 Å². The summed E-state index contributed by atoms with van der Waals surface area (Å²) in [6, 6.07) is 11.7. The minimum absolute atomic E-state index is 0.530. The van der Waals surface area contributed by atoms with E-state index in [-0.39, 0.29) is 0 Å². The number of H-pyrrole nitrogens is 1. The van der Waals surface area contributed by atoms with Gasteiger partial charge in [-0.25, -0.2) is 4.98 Å². The van der Waals surface area contributed by atoms with Crippen LogP contribution in [0.25, 0.3) is 11.1 Å². The topological polar surface area (TPSA) is 94.1 Å². The SMILES string of the molecule is Cc1c(C#N)c(-c2ccc(C#N)cc2)c(C)n1Cc1ncn[nH]1. The molecule has 6 nitrogen and oxygen atoms in total. The monoisotopic (exact) mass is 302 g/mol. The minimum Gasteiger partial charge on any atom is -0.340 e. The summed E-state index contributed by atoms with van der Waals surface area (Å²) in [5.74, 6) is 0.738. The van der Waals surface area contributed by atoms with Gasteiger partial charge in [0.2, 0.25) is 0 Å². The van der Waals surface area contributed by atoms with Crippen molar-refractivity contribution in [2.75, 3.05) is 0 Å². The van der Waals surface area contributed by atoms with Gasteiger partial charge in [-0.15, -0.1) is 0 Å². The fourth-order valence-electron chi connectivity index (χ4n) is 2.78. The van der Waals surface area contributed by atoms with Crippen LogP contribution in [0.15, 0.2) is 30.6 Å². The molecule has 1 aromatic carbocycles. The summed E-state index contributed by atoms with van der Waals surface area (Å²) in [4.78, 5) is 4.15. The number of hydrogen-bond donors (Lipinski definition) is 1. The summed E-state index contributed by atoms with van der Waals surface area (Å²) in [7, 11) is 0. The molecule has 2 aromatic heterocycles. The Labute approximate surface area is 133 Å². The van der Waals surface area contributed by atoms with Crippen molar-refractivity contribution in [1.82, 2.24) is 19.7 Å². The third-order valence-corrected chi connectivity index (χ3v) is 3.97. The van der Waals surface area contributed by atoms with Crippen LogP contribution in [0.3, 0.4) is 0 Å². The molecule has 0 saturated heterocycles. The number of nitriles is 2. The molecule has 6 heteroatoms. The molecule has 23 heavy (non-hydrogen) atoms. The highest BCUT2D eigenvalue weighted by Gasteiger charge is 2.19. The zero-order valence-electron chi connectivity index (χ0n) is 12.8. The van der Waals surface area contributed by atoms with Crippen molar-refractivity contribution in [3.63, 3.8) is 0 Å². The predicted molar refractivity (Wildman–Crippen MR) is 84.3 cm³/mol. The average Bonchev–Trinajstić information content (AvgIpc) is 3.17. The van der Waals surface area contributed by atoms with E-state index in [9.17, 15) is 5.26 Å². The molecule has 0 radical (unpaired) electrons. The van der Waals surface area contributed by atoms with Crippen molar-refractivity contribution in [2.45, 2.75) is 20.4 Å². The molecule has 3 rings (SSSR count). The number of nitrogens with zero attached hydrogens (tertiary/aromatic N) is 5. The molecule has 0 atom stereocenters. The van der Waals surface area contributed by atoms with Crippen molar-refractivity contribution in [1.29, 1.82) is 10.5 Å². The van der Waals surface area contributed by atoms with Crippen LogP contribution in [-0.4, -0.2) is 19.7 Å². The van der Waals surface area contributed by atoms with E-state index in [2.05, 4.69) is 27.3 Å². The maximum atomic E-state index is 9.57. The van der Waals surface area contributed by atoms with Gasteiger partial charge in [0.15, 0.2) is 0 Å². The maximum Gasteiger partial charge on any atom is 0.144 e. The summed E-state index contributed by atoms with van der Waals surface area (Å²) in [6.07, 6.45) is 1.47. The van der Waals surface area contributed by atoms with Crippen molar-refractivity contribution >= 4 is 0 Å². The first-order valence-electron chi connectivity index (χ1n) is 7.10. The molecule has 0 amide bonds. The van der Waals surface area contributed by atoms with Crippen LogP contribution >= 0.6 is 0 Å². The molecular formula is C17H14N6. The number of hydrogen-bond acceptors (Lipinski definition) is 4. The smallest absolute Gasteiger partial charge is 0.144 e. The summed E-state index contributed by atoms with van der Waals surface area (Å²) in [5, 5.41) is 25.2. The molecule has 0 aliphatic rings. The molecule has 2 heterocycles. The second-order valence-electron chi connectivity index (χ2n) is 5.24. The molecule has 3 aromatic rings. The molecule has 0 aliphatic carbocycles. The Bertz CT molecular complexity index is 918. The minimum atomic E-state index is 0.530. The van der Waals surface area contributed by atoms with E-state index >= 15 is 0 Å². The van der Waals surface area contributed by atoms with Gasteiger partial charge in [0, 0.05) is 17.0 Å². The lowest BCUT2D eigenvalue weighted by molar-refractivity contribution is 0.710. The van der Waals surface area contributed by atoms with E-state index < -0.39 is 0 Å². The Morgan fingerprint density at radius 1 is 1.09 bits per heavy atom. The van der Waals surface area contributed by atoms with Crippen LogP contribution in [0.5, 0.6) is 0 Å². The third-order valence-electron chi connectivity index (χ3n) is 3.97. The summed E-state index contributed by atoms with van der Waals surface area (Å²) < 4.78 is 2.05. The van der Waals surface area contributed by atoms with Crippen molar-refractivity contribution in [3.8, 4) is 23.3 Å². The van der Waals surface area contributed by atoms with E-state index in [0.717, 1.165) is 28.3 Å². The molecule has 0 spiro atoms. The Hall–Kier alpha value is -3.38.